The molecule has 2 rings (SSSR count). The molecular weight excluding hydrogens is 298 g/mol. The van der Waals surface area contributed by atoms with Gasteiger partial charge in [-0.1, -0.05) is 43.7 Å². The zero-order valence-corrected chi connectivity index (χ0v) is 14.5. The number of aliphatic hydroxyl groups is 1. The predicted octanol–water partition coefficient (Wildman–Crippen LogP) is -0.0212. The summed E-state index contributed by atoms with van der Waals surface area (Å²) >= 11 is 0. The molecule has 4 heteroatoms. The molecule has 1 saturated heterocycles. The number of hydrogen-bond donors (Lipinski definition) is 1. The van der Waals surface area contributed by atoms with Crippen LogP contribution in [0, 0.1) is 0 Å². The first-order chi connectivity index (χ1) is 10.2. The largest absolute Gasteiger partial charge is 1.00 e. The standard InChI is InChI=1S/C18H30NO2.ClH/c1-2-3-13-21-16-18(20)15-19(11-7-8-12-19)14-17-9-5-4-6-10-17;/h4-6,9-10,18,20H,2-3,7-8,11-16H2,1H3;1H/q+1;/p-1. The second-order valence-corrected chi connectivity index (χ2v) is 6.40. The summed E-state index contributed by atoms with van der Waals surface area (Å²) < 4.78 is 6.60. The third-order valence-corrected chi connectivity index (χ3v) is 4.43. The molecule has 1 atom stereocenters. The maximum atomic E-state index is 10.3. The minimum absolute atomic E-state index is 0. The molecule has 0 bridgehead atoms. The number of unbranched alkanes of at least 4 members (excludes halogenated alkanes) is 1. The summed E-state index contributed by atoms with van der Waals surface area (Å²) in [6.45, 7) is 7.63. The fourth-order valence-corrected chi connectivity index (χ4v) is 3.35. The summed E-state index contributed by atoms with van der Waals surface area (Å²) in [6.07, 6.45) is 4.43. The molecule has 1 aliphatic rings. The average Bonchev–Trinajstić information content (AvgIpc) is 2.93. The van der Waals surface area contributed by atoms with E-state index in [4.69, 9.17) is 4.74 Å². The lowest BCUT2D eigenvalue weighted by Crippen LogP contribution is -3.00. The number of hydrogen-bond acceptors (Lipinski definition) is 2. The molecule has 1 fully saturated rings. The highest BCUT2D eigenvalue weighted by molar-refractivity contribution is 5.13. The molecule has 126 valence electrons. The highest BCUT2D eigenvalue weighted by atomic mass is 35.5. The van der Waals surface area contributed by atoms with Crippen molar-refractivity contribution in [3.8, 4) is 0 Å². The molecule has 0 spiro atoms. The number of halogens is 1. The first-order valence-corrected chi connectivity index (χ1v) is 8.39. The van der Waals surface area contributed by atoms with Gasteiger partial charge in [0.2, 0.25) is 0 Å². The molecule has 0 aliphatic carbocycles. The Labute approximate surface area is 141 Å². The van der Waals surface area contributed by atoms with Gasteiger partial charge in [0, 0.05) is 25.0 Å². The van der Waals surface area contributed by atoms with E-state index in [2.05, 4.69) is 37.3 Å². The van der Waals surface area contributed by atoms with E-state index in [1.54, 1.807) is 0 Å². The van der Waals surface area contributed by atoms with E-state index in [1.807, 2.05) is 0 Å². The molecule has 1 heterocycles. The minimum Gasteiger partial charge on any atom is -1.00 e. The van der Waals surface area contributed by atoms with E-state index in [1.165, 1.54) is 31.5 Å². The lowest BCUT2D eigenvalue weighted by Gasteiger charge is -2.36. The van der Waals surface area contributed by atoms with Crippen molar-refractivity contribution in [2.45, 2.75) is 45.3 Å². The monoisotopic (exact) mass is 327 g/mol. The Morgan fingerprint density at radius 1 is 1.18 bits per heavy atom. The lowest BCUT2D eigenvalue weighted by molar-refractivity contribution is -0.932. The normalized spacial score (nSPS) is 17.9. The van der Waals surface area contributed by atoms with Crippen LogP contribution in [0.25, 0.3) is 0 Å². The summed E-state index contributed by atoms with van der Waals surface area (Å²) in [7, 11) is 0. The van der Waals surface area contributed by atoms with Crippen molar-refractivity contribution in [1.29, 1.82) is 0 Å². The topological polar surface area (TPSA) is 29.5 Å². The van der Waals surface area contributed by atoms with Gasteiger partial charge < -0.3 is 26.7 Å². The summed E-state index contributed by atoms with van der Waals surface area (Å²) in [5, 5.41) is 10.3. The van der Waals surface area contributed by atoms with Crippen LogP contribution in [0.5, 0.6) is 0 Å². The number of likely N-dealkylation sites (tertiary alicyclic amines) is 1. The van der Waals surface area contributed by atoms with E-state index < -0.39 is 0 Å². The Kier molecular flexibility index (Phi) is 9.03. The van der Waals surface area contributed by atoms with Crippen LogP contribution >= 0.6 is 0 Å². The molecule has 3 nitrogen and oxygen atoms in total. The van der Waals surface area contributed by atoms with Gasteiger partial charge in [0.25, 0.3) is 0 Å². The second kappa shape index (κ2) is 10.2. The van der Waals surface area contributed by atoms with E-state index in [0.717, 1.165) is 37.0 Å². The Morgan fingerprint density at radius 3 is 2.50 bits per heavy atom. The Balaban J connectivity index is 0.00000242. The van der Waals surface area contributed by atoms with Crippen molar-refractivity contribution < 1.29 is 26.7 Å². The predicted molar refractivity (Wildman–Crippen MR) is 86.0 cm³/mol. The first kappa shape index (κ1) is 19.4. The van der Waals surface area contributed by atoms with Crippen molar-refractivity contribution in [3.63, 3.8) is 0 Å². The van der Waals surface area contributed by atoms with Crippen LogP contribution in [-0.2, 0) is 11.3 Å². The quantitative estimate of drug-likeness (QED) is 0.510. The van der Waals surface area contributed by atoms with Crippen LogP contribution in [0.2, 0.25) is 0 Å². The van der Waals surface area contributed by atoms with E-state index >= 15 is 0 Å². The molecule has 22 heavy (non-hydrogen) atoms. The number of rotatable bonds is 9. The molecule has 0 amide bonds. The average molecular weight is 328 g/mol. The van der Waals surface area contributed by atoms with Gasteiger partial charge in [-0.15, -0.1) is 0 Å². The Hall–Kier alpha value is -0.610. The molecule has 1 aromatic rings. The van der Waals surface area contributed by atoms with Gasteiger partial charge in [-0.05, 0) is 6.42 Å². The zero-order chi connectivity index (χ0) is 15.0. The molecule has 0 aromatic heterocycles. The van der Waals surface area contributed by atoms with Gasteiger partial charge in [-0.25, -0.2) is 0 Å². The smallest absolute Gasteiger partial charge is 0.126 e. The lowest BCUT2D eigenvalue weighted by atomic mass is 10.1. The molecule has 0 saturated carbocycles. The van der Waals surface area contributed by atoms with Gasteiger partial charge in [0.15, 0.2) is 0 Å². The third-order valence-electron chi connectivity index (χ3n) is 4.43. The number of aliphatic hydroxyl groups excluding tert-OH is 1. The van der Waals surface area contributed by atoms with Gasteiger partial charge in [0.1, 0.15) is 19.2 Å². The molecule has 0 radical (unpaired) electrons. The highest BCUT2D eigenvalue weighted by Crippen LogP contribution is 2.24. The van der Waals surface area contributed by atoms with Crippen LogP contribution in [0.15, 0.2) is 30.3 Å². The minimum atomic E-state index is -0.344. The number of nitrogens with zero attached hydrogens (tertiary/aromatic N) is 1. The maximum absolute atomic E-state index is 10.3. The Morgan fingerprint density at radius 2 is 1.86 bits per heavy atom. The first-order valence-electron chi connectivity index (χ1n) is 8.39. The number of ether oxygens (including phenoxy) is 1. The third kappa shape index (κ3) is 6.25. The number of quaternary nitrogens is 1. The van der Waals surface area contributed by atoms with Crippen molar-refractivity contribution in [2.24, 2.45) is 0 Å². The van der Waals surface area contributed by atoms with E-state index in [-0.39, 0.29) is 18.5 Å². The van der Waals surface area contributed by atoms with Crippen LogP contribution in [0.1, 0.15) is 38.2 Å². The summed E-state index contributed by atoms with van der Waals surface area (Å²) in [6, 6.07) is 10.7. The van der Waals surface area contributed by atoms with E-state index in [9.17, 15) is 5.11 Å². The summed E-state index contributed by atoms with van der Waals surface area (Å²) in [5.41, 5.74) is 1.37. The van der Waals surface area contributed by atoms with Gasteiger partial charge in [-0.2, -0.15) is 0 Å². The Bertz CT molecular complexity index is 393. The molecular formula is C18H30ClNO2. The van der Waals surface area contributed by atoms with Gasteiger partial charge >= 0.3 is 0 Å². The summed E-state index contributed by atoms with van der Waals surface area (Å²) in [5.74, 6) is 0. The van der Waals surface area contributed by atoms with Crippen molar-refractivity contribution >= 4 is 0 Å². The fourth-order valence-electron chi connectivity index (χ4n) is 3.35. The van der Waals surface area contributed by atoms with E-state index in [0.29, 0.717) is 6.61 Å². The fraction of sp³-hybridized carbons (Fsp3) is 0.667. The molecule has 1 aromatic carbocycles. The molecule has 1 unspecified atom stereocenters. The van der Waals surface area contributed by atoms with Crippen LogP contribution in [0.3, 0.4) is 0 Å². The van der Waals surface area contributed by atoms with Gasteiger partial charge in [0.05, 0.1) is 19.7 Å². The van der Waals surface area contributed by atoms with Crippen LogP contribution in [0.4, 0.5) is 0 Å². The highest BCUT2D eigenvalue weighted by Gasteiger charge is 2.34. The van der Waals surface area contributed by atoms with Crippen molar-refractivity contribution in [2.75, 3.05) is 32.8 Å². The number of benzene rings is 1. The maximum Gasteiger partial charge on any atom is 0.126 e. The van der Waals surface area contributed by atoms with Crippen molar-refractivity contribution in [3.05, 3.63) is 35.9 Å². The summed E-state index contributed by atoms with van der Waals surface area (Å²) in [4.78, 5) is 0. The van der Waals surface area contributed by atoms with Crippen LogP contribution < -0.4 is 12.4 Å². The van der Waals surface area contributed by atoms with Gasteiger partial charge in [-0.3, -0.25) is 0 Å². The second-order valence-electron chi connectivity index (χ2n) is 6.40. The molecule has 1 N–H and O–H groups in total. The van der Waals surface area contributed by atoms with Crippen molar-refractivity contribution in [1.82, 2.24) is 0 Å². The zero-order valence-electron chi connectivity index (χ0n) is 13.7. The SMILES string of the molecule is CCCCOCC(O)C[N+]1(Cc2ccccc2)CCCC1.[Cl-]. The molecule has 1 aliphatic heterocycles. The van der Waals surface area contributed by atoms with Crippen LogP contribution in [-0.4, -0.2) is 48.5 Å².